The summed E-state index contributed by atoms with van der Waals surface area (Å²) < 4.78 is 48.8. The van der Waals surface area contributed by atoms with Crippen LogP contribution in [0.4, 0.5) is 24.8 Å². The number of methoxy groups -OCH3 is 1. The third-order valence-electron chi connectivity index (χ3n) is 6.01. The number of ether oxygens (including phenoxy) is 1. The van der Waals surface area contributed by atoms with Crippen LogP contribution in [0.15, 0.2) is 59.6 Å². The number of alkyl halides is 3. The van der Waals surface area contributed by atoms with Gasteiger partial charge in [0.2, 0.25) is 0 Å². The van der Waals surface area contributed by atoms with E-state index in [4.69, 9.17) is 4.74 Å². The number of pyridine rings is 2. The number of hydrogen-bond acceptors (Lipinski definition) is 7. The van der Waals surface area contributed by atoms with Gasteiger partial charge in [0.25, 0.3) is 0 Å². The third kappa shape index (κ3) is 5.53. The lowest BCUT2D eigenvalue weighted by molar-refractivity contribution is -0.157. The summed E-state index contributed by atoms with van der Waals surface area (Å²) in [6, 6.07) is 14.7. The lowest BCUT2D eigenvalue weighted by Crippen LogP contribution is -2.48. The molecule has 0 atom stereocenters. The van der Waals surface area contributed by atoms with Gasteiger partial charge in [0.15, 0.2) is 0 Å². The van der Waals surface area contributed by atoms with Crippen LogP contribution < -0.4 is 10.0 Å². The summed E-state index contributed by atoms with van der Waals surface area (Å²) in [5.41, 5.74) is -0.259. The van der Waals surface area contributed by atoms with Crippen molar-refractivity contribution >= 4 is 29.6 Å². The van der Waals surface area contributed by atoms with E-state index < -0.39 is 17.2 Å². The number of nitrogens with one attached hydrogen (secondary N) is 2. The summed E-state index contributed by atoms with van der Waals surface area (Å²) in [5.74, 6) is 0.718. The molecule has 6 nitrogen and oxygen atoms in total. The fourth-order valence-electron chi connectivity index (χ4n) is 4.20. The largest absolute Gasteiger partial charge is 0.469 e. The van der Waals surface area contributed by atoms with Crippen LogP contribution in [-0.4, -0.2) is 29.1 Å². The number of nitrogens with zero attached hydrogens (tertiary/aromatic N) is 2. The average molecular weight is 503 g/mol. The SMILES string of the molecule is COC(=O)C1(C)CC(Nc2cccc(SNc3ccc(C(F)(F)F)c(-c4ccccc4C)n3)n2)C1. The Morgan fingerprint density at radius 3 is 2.49 bits per heavy atom. The molecule has 0 unspecified atom stereocenters. The summed E-state index contributed by atoms with van der Waals surface area (Å²) in [7, 11) is 1.39. The highest BCUT2D eigenvalue weighted by atomic mass is 32.2. The number of esters is 1. The van der Waals surface area contributed by atoms with Crippen molar-refractivity contribution in [2.45, 2.75) is 43.9 Å². The molecule has 4 rings (SSSR count). The number of benzene rings is 1. The molecule has 2 N–H and O–H groups in total. The maximum absolute atomic E-state index is 13.6. The lowest BCUT2D eigenvalue weighted by Gasteiger charge is -2.43. The van der Waals surface area contributed by atoms with Crippen molar-refractivity contribution in [3.8, 4) is 11.3 Å². The van der Waals surface area contributed by atoms with Crippen LogP contribution >= 0.6 is 11.9 Å². The Morgan fingerprint density at radius 1 is 1.06 bits per heavy atom. The number of aromatic nitrogens is 2. The first kappa shape index (κ1) is 24.8. The maximum Gasteiger partial charge on any atom is 0.418 e. The van der Waals surface area contributed by atoms with Gasteiger partial charge < -0.3 is 14.8 Å². The maximum atomic E-state index is 13.6. The number of carbonyl (C=O) groups is 1. The van der Waals surface area contributed by atoms with Crippen LogP contribution in [0.3, 0.4) is 0 Å². The van der Waals surface area contributed by atoms with Crippen molar-refractivity contribution in [2.24, 2.45) is 5.41 Å². The normalized spacial score (nSPS) is 19.5. The van der Waals surface area contributed by atoms with Crippen LogP contribution in [-0.2, 0) is 15.7 Å². The summed E-state index contributed by atoms with van der Waals surface area (Å²) in [6.07, 6.45) is -3.23. The molecule has 0 aliphatic heterocycles. The number of carbonyl (C=O) groups excluding carboxylic acids is 1. The molecule has 1 aliphatic rings. The van der Waals surface area contributed by atoms with Crippen molar-refractivity contribution in [1.82, 2.24) is 9.97 Å². The molecule has 0 amide bonds. The van der Waals surface area contributed by atoms with E-state index in [1.165, 1.54) is 13.2 Å². The van der Waals surface area contributed by atoms with Crippen LogP contribution in [0.1, 0.15) is 30.9 Å². The molecule has 1 fully saturated rings. The molecule has 2 heterocycles. The predicted octanol–water partition coefficient (Wildman–Crippen LogP) is 6.34. The Hall–Kier alpha value is -3.27. The molecular weight excluding hydrogens is 477 g/mol. The zero-order chi connectivity index (χ0) is 25.2. The van der Waals surface area contributed by atoms with E-state index in [0.717, 1.165) is 18.0 Å². The monoisotopic (exact) mass is 502 g/mol. The van der Waals surface area contributed by atoms with E-state index in [9.17, 15) is 18.0 Å². The molecule has 2 aromatic heterocycles. The number of aryl methyl sites for hydroxylation is 1. The van der Waals surface area contributed by atoms with Crippen molar-refractivity contribution in [3.63, 3.8) is 0 Å². The minimum Gasteiger partial charge on any atom is -0.469 e. The van der Waals surface area contributed by atoms with Crippen molar-refractivity contribution < 1.29 is 22.7 Å². The van der Waals surface area contributed by atoms with E-state index in [1.807, 2.05) is 19.1 Å². The standard InChI is InChI=1S/C25H25F3N4O2S/c1-15-7-4-5-8-17(15)22-18(25(26,27)28)11-12-20(31-22)32-35-21-10-6-9-19(30-21)29-16-13-24(2,14-16)23(33)34-3/h4-12,16H,13-14H2,1-3H3,(H,29,30)(H,31,32). The predicted molar refractivity (Wildman–Crippen MR) is 130 cm³/mol. The van der Waals surface area contributed by atoms with Crippen LogP contribution in [0.2, 0.25) is 0 Å². The van der Waals surface area contributed by atoms with E-state index in [2.05, 4.69) is 20.0 Å². The summed E-state index contributed by atoms with van der Waals surface area (Å²) in [5, 5.41) is 3.93. The van der Waals surface area contributed by atoms with E-state index in [-0.39, 0.29) is 23.5 Å². The van der Waals surface area contributed by atoms with Crippen molar-refractivity contribution in [1.29, 1.82) is 0 Å². The molecule has 0 radical (unpaired) electrons. The molecule has 184 valence electrons. The minimum absolute atomic E-state index is 0.105. The van der Waals surface area contributed by atoms with Gasteiger partial charge in [-0.25, -0.2) is 9.97 Å². The molecule has 0 saturated heterocycles. The summed E-state index contributed by atoms with van der Waals surface area (Å²) in [6.45, 7) is 3.63. The van der Waals surface area contributed by atoms with Gasteiger partial charge >= 0.3 is 12.1 Å². The van der Waals surface area contributed by atoms with Gasteiger partial charge in [-0.3, -0.25) is 4.79 Å². The fraction of sp³-hybridized carbons (Fsp3) is 0.320. The van der Waals surface area contributed by atoms with Crippen LogP contribution in [0, 0.1) is 12.3 Å². The Morgan fingerprint density at radius 2 is 1.80 bits per heavy atom. The minimum atomic E-state index is -4.52. The number of anilines is 2. The van der Waals surface area contributed by atoms with E-state index in [1.54, 1.807) is 37.3 Å². The van der Waals surface area contributed by atoms with E-state index >= 15 is 0 Å². The lowest BCUT2D eigenvalue weighted by atomic mass is 9.67. The topological polar surface area (TPSA) is 76.1 Å². The number of rotatable bonds is 7. The molecule has 3 aromatic rings. The van der Waals surface area contributed by atoms with Gasteiger partial charge in [-0.05, 0) is 56.5 Å². The second-order valence-electron chi connectivity index (χ2n) is 8.77. The average Bonchev–Trinajstić information content (AvgIpc) is 2.81. The molecular formula is C25H25F3N4O2S. The fourth-order valence-corrected chi connectivity index (χ4v) is 4.81. The zero-order valence-corrected chi connectivity index (χ0v) is 20.3. The molecule has 0 bridgehead atoms. The van der Waals surface area contributed by atoms with E-state index in [0.29, 0.717) is 34.8 Å². The van der Waals surface area contributed by atoms with Gasteiger partial charge in [0.05, 0.1) is 23.8 Å². The Bertz CT molecular complexity index is 1230. The first-order valence-corrected chi connectivity index (χ1v) is 11.8. The third-order valence-corrected chi connectivity index (χ3v) is 6.76. The molecule has 1 saturated carbocycles. The van der Waals surface area contributed by atoms with Gasteiger partial charge in [-0.1, -0.05) is 30.3 Å². The number of halogens is 3. The zero-order valence-electron chi connectivity index (χ0n) is 19.4. The summed E-state index contributed by atoms with van der Waals surface area (Å²) in [4.78, 5) is 20.7. The van der Waals surface area contributed by atoms with Crippen LogP contribution in [0.5, 0.6) is 0 Å². The second-order valence-corrected chi connectivity index (χ2v) is 9.60. The molecule has 10 heteroatoms. The highest BCUT2D eigenvalue weighted by Gasteiger charge is 2.47. The van der Waals surface area contributed by atoms with Crippen molar-refractivity contribution in [2.75, 3.05) is 17.1 Å². The molecule has 1 aromatic carbocycles. The summed E-state index contributed by atoms with van der Waals surface area (Å²) >= 11 is 1.15. The van der Waals surface area contributed by atoms with Gasteiger partial charge in [-0.2, -0.15) is 13.2 Å². The second kappa shape index (κ2) is 9.77. The molecule has 0 spiro atoms. The first-order chi connectivity index (χ1) is 16.6. The quantitative estimate of drug-likeness (QED) is 0.288. The number of hydrogen-bond donors (Lipinski definition) is 2. The first-order valence-electron chi connectivity index (χ1n) is 11.0. The highest BCUT2D eigenvalue weighted by molar-refractivity contribution is 8.00. The van der Waals surface area contributed by atoms with Crippen LogP contribution in [0.25, 0.3) is 11.3 Å². The highest BCUT2D eigenvalue weighted by Crippen LogP contribution is 2.43. The Kier molecular flexibility index (Phi) is 6.93. The van der Waals surface area contributed by atoms with Gasteiger partial charge in [-0.15, -0.1) is 0 Å². The smallest absolute Gasteiger partial charge is 0.418 e. The molecule has 35 heavy (non-hydrogen) atoms. The van der Waals surface area contributed by atoms with Gasteiger partial charge in [0.1, 0.15) is 16.7 Å². The Labute approximate surface area is 205 Å². The molecule has 1 aliphatic carbocycles. The Balaban J connectivity index is 1.46. The van der Waals surface area contributed by atoms with Crippen molar-refractivity contribution in [3.05, 3.63) is 65.7 Å². The van der Waals surface area contributed by atoms with Gasteiger partial charge in [0, 0.05) is 23.6 Å².